The Balaban J connectivity index is 1.83. The third-order valence-electron chi connectivity index (χ3n) is 4.87. The number of hydrazone groups is 1. The maximum absolute atomic E-state index is 11.9. The number of hydrogen-bond donors (Lipinski definition) is 1. The number of hydrogen-bond acceptors (Lipinski definition) is 4. The van der Waals surface area contributed by atoms with Gasteiger partial charge in [0.15, 0.2) is 0 Å². The number of rotatable bonds is 3. The number of amides is 1. The topological polar surface area (TPSA) is 44.7 Å². The molecule has 25 heavy (non-hydrogen) atoms. The Labute approximate surface area is 157 Å². The molecule has 1 amide bonds. The molecule has 1 N–H and O–H groups in total. The molecule has 3 rings (SSSR count). The molecule has 2 heterocycles. The van der Waals surface area contributed by atoms with Crippen LogP contribution in [0.3, 0.4) is 0 Å². The van der Waals surface area contributed by atoms with E-state index >= 15 is 0 Å². The number of carbonyl (C=O) groups excluding carboxylic acids is 1. The normalized spacial score (nSPS) is 19.1. The SMILES string of the molecule is CC1CC(C)(C)N(C)c2cc(Cl)c(/C=N\NC(=O)c3cccs3)cc21. The fourth-order valence-corrected chi connectivity index (χ4v) is 4.15. The Hall–Kier alpha value is -1.85. The Kier molecular flexibility index (Phi) is 4.89. The smallest absolute Gasteiger partial charge is 0.281 e. The second-order valence-electron chi connectivity index (χ2n) is 7.09. The minimum atomic E-state index is -0.213. The number of nitrogens with zero attached hydrogens (tertiary/aromatic N) is 2. The van der Waals surface area contributed by atoms with Gasteiger partial charge in [-0.3, -0.25) is 4.79 Å². The Morgan fingerprint density at radius 1 is 1.48 bits per heavy atom. The highest BCUT2D eigenvalue weighted by atomic mass is 35.5. The van der Waals surface area contributed by atoms with E-state index in [1.807, 2.05) is 17.5 Å². The molecule has 6 heteroatoms. The second-order valence-corrected chi connectivity index (χ2v) is 8.44. The van der Waals surface area contributed by atoms with Gasteiger partial charge in [0.05, 0.1) is 16.1 Å². The zero-order valence-corrected chi connectivity index (χ0v) is 16.4. The van der Waals surface area contributed by atoms with E-state index in [1.54, 1.807) is 12.3 Å². The first-order valence-corrected chi connectivity index (χ1v) is 9.49. The van der Waals surface area contributed by atoms with E-state index < -0.39 is 0 Å². The minimum Gasteiger partial charge on any atom is -0.369 e. The molecule has 0 saturated carbocycles. The standard InChI is InChI=1S/C19H22ClN3OS/c1-12-10-19(2,3)23(4)16-9-15(20)13(8-14(12)16)11-21-22-18(24)17-6-5-7-25-17/h5-9,11-12H,10H2,1-4H3,(H,22,24)/b21-11-. The van der Waals surface area contributed by atoms with E-state index in [-0.39, 0.29) is 11.4 Å². The van der Waals surface area contributed by atoms with E-state index in [1.165, 1.54) is 16.9 Å². The molecule has 1 atom stereocenters. The molecule has 1 unspecified atom stereocenters. The third-order valence-corrected chi connectivity index (χ3v) is 6.06. The van der Waals surface area contributed by atoms with Gasteiger partial charge in [0, 0.05) is 23.8 Å². The van der Waals surface area contributed by atoms with Gasteiger partial charge in [-0.25, -0.2) is 5.43 Å². The lowest BCUT2D eigenvalue weighted by Gasteiger charge is -2.45. The first-order chi connectivity index (χ1) is 11.8. The van der Waals surface area contributed by atoms with Gasteiger partial charge in [-0.1, -0.05) is 24.6 Å². The summed E-state index contributed by atoms with van der Waals surface area (Å²) in [5.41, 5.74) is 5.88. The van der Waals surface area contributed by atoms with Crippen LogP contribution in [0, 0.1) is 0 Å². The summed E-state index contributed by atoms with van der Waals surface area (Å²) in [4.78, 5) is 14.8. The van der Waals surface area contributed by atoms with Crippen molar-refractivity contribution < 1.29 is 4.79 Å². The number of halogens is 1. The molecule has 0 aliphatic carbocycles. The van der Waals surface area contributed by atoms with Crippen LogP contribution in [0.25, 0.3) is 0 Å². The molecule has 1 aromatic heterocycles. The maximum atomic E-state index is 11.9. The Bertz CT molecular complexity index is 814. The average Bonchev–Trinajstić information content (AvgIpc) is 3.08. The van der Waals surface area contributed by atoms with E-state index in [0.717, 1.165) is 17.7 Å². The predicted octanol–water partition coefficient (Wildman–Crippen LogP) is 4.89. The molecule has 0 radical (unpaired) electrons. The van der Waals surface area contributed by atoms with Crippen LogP contribution in [-0.2, 0) is 0 Å². The number of nitrogens with one attached hydrogen (secondary N) is 1. The summed E-state index contributed by atoms with van der Waals surface area (Å²) in [5.74, 6) is 0.224. The highest BCUT2D eigenvalue weighted by Gasteiger charge is 2.34. The van der Waals surface area contributed by atoms with Crippen molar-refractivity contribution >= 4 is 40.7 Å². The van der Waals surface area contributed by atoms with Gasteiger partial charge < -0.3 is 4.90 Å². The molecule has 0 saturated heterocycles. The van der Waals surface area contributed by atoms with Crippen LogP contribution in [0.4, 0.5) is 5.69 Å². The third kappa shape index (κ3) is 3.58. The van der Waals surface area contributed by atoms with Gasteiger partial charge in [-0.15, -0.1) is 11.3 Å². The van der Waals surface area contributed by atoms with Crippen molar-refractivity contribution in [3.8, 4) is 0 Å². The van der Waals surface area contributed by atoms with Crippen LogP contribution in [0.2, 0.25) is 5.02 Å². The number of carbonyl (C=O) groups is 1. The summed E-state index contributed by atoms with van der Waals surface area (Å²) in [6.45, 7) is 6.73. The Morgan fingerprint density at radius 3 is 2.92 bits per heavy atom. The quantitative estimate of drug-likeness (QED) is 0.613. The van der Waals surface area contributed by atoms with Gasteiger partial charge in [0.25, 0.3) is 5.91 Å². The maximum Gasteiger partial charge on any atom is 0.281 e. The number of thiophene rings is 1. The van der Waals surface area contributed by atoms with Crippen molar-refractivity contribution in [1.82, 2.24) is 5.43 Å². The lowest BCUT2D eigenvalue weighted by atomic mass is 9.80. The lowest BCUT2D eigenvalue weighted by Crippen LogP contribution is -2.45. The molecule has 1 aromatic carbocycles. The van der Waals surface area contributed by atoms with Gasteiger partial charge >= 0.3 is 0 Å². The molecule has 2 aromatic rings. The van der Waals surface area contributed by atoms with Crippen LogP contribution < -0.4 is 10.3 Å². The van der Waals surface area contributed by atoms with Crippen molar-refractivity contribution in [2.45, 2.75) is 38.6 Å². The number of benzene rings is 1. The van der Waals surface area contributed by atoms with E-state index in [2.05, 4.69) is 49.3 Å². The number of anilines is 1. The molecule has 132 valence electrons. The molecule has 0 spiro atoms. The summed E-state index contributed by atoms with van der Waals surface area (Å²) in [7, 11) is 2.11. The molecule has 1 aliphatic heterocycles. The summed E-state index contributed by atoms with van der Waals surface area (Å²) in [6.07, 6.45) is 2.68. The van der Waals surface area contributed by atoms with E-state index in [4.69, 9.17) is 11.6 Å². The van der Waals surface area contributed by atoms with Crippen LogP contribution in [-0.4, -0.2) is 24.7 Å². The van der Waals surface area contributed by atoms with Crippen molar-refractivity contribution in [3.63, 3.8) is 0 Å². The molecular weight excluding hydrogens is 354 g/mol. The molecule has 4 nitrogen and oxygen atoms in total. The van der Waals surface area contributed by atoms with Crippen LogP contribution >= 0.6 is 22.9 Å². The average molecular weight is 376 g/mol. The highest BCUT2D eigenvalue weighted by Crippen LogP contribution is 2.44. The summed E-state index contributed by atoms with van der Waals surface area (Å²) < 4.78 is 0. The lowest BCUT2D eigenvalue weighted by molar-refractivity contribution is 0.0959. The number of fused-ring (bicyclic) bond motifs is 1. The van der Waals surface area contributed by atoms with Crippen molar-refractivity contribution in [3.05, 3.63) is 50.7 Å². The van der Waals surface area contributed by atoms with Crippen LogP contribution in [0.5, 0.6) is 0 Å². The molecular formula is C19H22ClN3OS. The molecule has 1 aliphatic rings. The Morgan fingerprint density at radius 2 is 2.24 bits per heavy atom. The zero-order chi connectivity index (χ0) is 18.2. The molecule has 0 bridgehead atoms. The van der Waals surface area contributed by atoms with E-state index in [0.29, 0.717) is 15.8 Å². The summed E-state index contributed by atoms with van der Waals surface area (Å²) in [6, 6.07) is 7.68. The van der Waals surface area contributed by atoms with E-state index in [9.17, 15) is 4.79 Å². The van der Waals surface area contributed by atoms with Crippen LogP contribution in [0.1, 0.15) is 53.9 Å². The second kappa shape index (κ2) is 6.81. The van der Waals surface area contributed by atoms with Crippen LogP contribution in [0.15, 0.2) is 34.7 Å². The monoisotopic (exact) mass is 375 g/mol. The first kappa shape index (κ1) is 18.0. The minimum absolute atomic E-state index is 0.0973. The largest absolute Gasteiger partial charge is 0.369 e. The fourth-order valence-electron chi connectivity index (χ4n) is 3.33. The van der Waals surface area contributed by atoms with Crippen molar-refractivity contribution in [1.29, 1.82) is 0 Å². The van der Waals surface area contributed by atoms with Crippen molar-refractivity contribution in [2.75, 3.05) is 11.9 Å². The summed E-state index contributed by atoms with van der Waals surface area (Å²) in [5, 5.41) is 6.55. The van der Waals surface area contributed by atoms with Gasteiger partial charge in [0.2, 0.25) is 0 Å². The summed E-state index contributed by atoms with van der Waals surface area (Å²) >= 11 is 7.84. The first-order valence-electron chi connectivity index (χ1n) is 8.24. The highest BCUT2D eigenvalue weighted by molar-refractivity contribution is 7.12. The van der Waals surface area contributed by atoms with Gasteiger partial charge in [0.1, 0.15) is 0 Å². The zero-order valence-electron chi connectivity index (χ0n) is 14.8. The fraction of sp³-hybridized carbons (Fsp3) is 0.368. The van der Waals surface area contributed by atoms with Crippen molar-refractivity contribution in [2.24, 2.45) is 5.10 Å². The predicted molar refractivity (Wildman–Crippen MR) is 106 cm³/mol. The van der Waals surface area contributed by atoms with Gasteiger partial charge in [-0.05, 0) is 55.3 Å². The molecule has 0 fully saturated rings. The van der Waals surface area contributed by atoms with Gasteiger partial charge in [-0.2, -0.15) is 5.10 Å².